The molecule has 1 saturated carbocycles. The van der Waals surface area contributed by atoms with Gasteiger partial charge in [-0.05, 0) is 37.0 Å². The first kappa shape index (κ1) is 29.5. The molecule has 1 aliphatic rings. The van der Waals surface area contributed by atoms with E-state index in [1.807, 2.05) is 0 Å². The lowest BCUT2D eigenvalue weighted by atomic mass is 9.75. The summed E-state index contributed by atoms with van der Waals surface area (Å²) in [6, 6.07) is 0. The first-order chi connectivity index (χ1) is 15.1. The van der Waals surface area contributed by atoms with E-state index in [1.165, 1.54) is 83.5 Å². The fourth-order valence-electron chi connectivity index (χ4n) is 4.94. The smallest absolute Gasteiger partial charge is 0.247 e. The second kappa shape index (κ2) is 17.8. The van der Waals surface area contributed by atoms with Gasteiger partial charge in [0, 0.05) is 0 Å². The second-order valence-electron chi connectivity index (χ2n) is 10.3. The van der Waals surface area contributed by atoms with E-state index in [2.05, 4.69) is 55.6 Å². The maximum atomic E-state index is 6.35. The summed E-state index contributed by atoms with van der Waals surface area (Å²) in [5.41, 5.74) is 0. The number of aromatic nitrogens is 2. The maximum absolute atomic E-state index is 6.35. The van der Waals surface area contributed by atoms with Gasteiger partial charge in [-0.15, -0.1) is 0 Å². The predicted octanol–water partition coefficient (Wildman–Crippen LogP) is 4.11. The Hall–Kier alpha value is -0.580. The van der Waals surface area contributed by atoms with Gasteiger partial charge in [0.25, 0.3) is 0 Å². The minimum Gasteiger partial charge on any atom is -1.00 e. The molecule has 1 fully saturated rings. The molecule has 0 amide bonds. The van der Waals surface area contributed by atoms with Gasteiger partial charge in [0.05, 0.1) is 12.7 Å². The van der Waals surface area contributed by atoms with Gasteiger partial charge >= 0.3 is 0 Å². The summed E-state index contributed by atoms with van der Waals surface area (Å²) in [4.78, 5) is 0. The molecule has 0 saturated heterocycles. The molecule has 2 rings (SSSR count). The first-order valence-electron chi connectivity index (χ1n) is 13.3. The zero-order chi connectivity index (χ0) is 22.3. The van der Waals surface area contributed by atoms with Crippen molar-refractivity contribution in [2.24, 2.45) is 17.8 Å². The lowest BCUT2D eigenvalue weighted by Crippen LogP contribution is -3.00. The summed E-state index contributed by atoms with van der Waals surface area (Å²) in [5.74, 6) is 2.18. The Kier molecular flexibility index (Phi) is 16.4. The summed E-state index contributed by atoms with van der Waals surface area (Å²) in [5, 5.41) is 0. The predicted molar refractivity (Wildman–Crippen MR) is 129 cm³/mol. The summed E-state index contributed by atoms with van der Waals surface area (Å²) in [7, 11) is 0. The van der Waals surface area contributed by atoms with Crippen molar-refractivity contribution in [1.82, 2.24) is 4.57 Å². The number of nitrogens with zero attached hydrogens (tertiary/aromatic N) is 2. The quantitative estimate of drug-likeness (QED) is 0.253. The molecule has 0 aliphatic heterocycles. The molecule has 3 atom stereocenters. The molecule has 0 aromatic carbocycles. The number of imidazole rings is 1. The molecule has 0 unspecified atom stereocenters. The molecule has 1 aromatic rings. The van der Waals surface area contributed by atoms with Crippen molar-refractivity contribution in [2.45, 2.75) is 131 Å². The van der Waals surface area contributed by atoms with Gasteiger partial charge < -0.3 is 21.9 Å². The molecule has 5 heteroatoms. The molecule has 188 valence electrons. The lowest BCUT2D eigenvalue weighted by Gasteiger charge is -2.36. The molecular formula is C27H51ClN2O2. The van der Waals surface area contributed by atoms with Crippen LogP contribution in [0, 0.1) is 17.8 Å². The summed E-state index contributed by atoms with van der Waals surface area (Å²) < 4.78 is 16.5. The molecule has 1 aromatic heterocycles. The molecule has 0 radical (unpaired) electrons. The third kappa shape index (κ3) is 12.0. The van der Waals surface area contributed by atoms with Crippen molar-refractivity contribution in [2.75, 3.05) is 6.61 Å². The largest absolute Gasteiger partial charge is 1.00 e. The molecular weight excluding hydrogens is 420 g/mol. The maximum Gasteiger partial charge on any atom is 0.247 e. The van der Waals surface area contributed by atoms with Gasteiger partial charge in [-0.2, -0.15) is 0 Å². The van der Waals surface area contributed by atoms with E-state index < -0.39 is 0 Å². The van der Waals surface area contributed by atoms with Crippen molar-refractivity contribution >= 4 is 0 Å². The molecule has 1 aliphatic carbocycles. The van der Waals surface area contributed by atoms with E-state index >= 15 is 0 Å². The number of ether oxygens (including phenoxy) is 2. The van der Waals surface area contributed by atoms with Crippen LogP contribution in [0.1, 0.15) is 111 Å². The summed E-state index contributed by atoms with van der Waals surface area (Å²) in [6.45, 7) is 11.5. The van der Waals surface area contributed by atoms with E-state index in [4.69, 9.17) is 9.47 Å². The van der Waals surface area contributed by atoms with Gasteiger partial charge in [0.2, 0.25) is 6.33 Å². The van der Waals surface area contributed by atoms with Gasteiger partial charge in [-0.3, -0.25) is 0 Å². The Bertz CT molecular complexity index is 564. The van der Waals surface area contributed by atoms with Crippen LogP contribution in [0.4, 0.5) is 0 Å². The Morgan fingerprint density at radius 3 is 2.28 bits per heavy atom. The van der Waals surface area contributed by atoms with E-state index in [0.29, 0.717) is 31.4 Å². The number of halogens is 1. The van der Waals surface area contributed by atoms with Crippen LogP contribution in [0.15, 0.2) is 18.7 Å². The first-order valence-corrected chi connectivity index (χ1v) is 13.3. The highest BCUT2D eigenvalue weighted by Crippen LogP contribution is 2.35. The average Bonchev–Trinajstić information content (AvgIpc) is 3.20. The van der Waals surface area contributed by atoms with Crippen molar-refractivity contribution < 1.29 is 26.4 Å². The van der Waals surface area contributed by atoms with Crippen molar-refractivity contribution in [3.63, 3.8) is 0 Å². The Balaban J connectivity index is 0.00000512. The van der Waals surface area contributed by atoms with E-state index in [0.717, 1.165) is 12.5 Å². The Morgan fingerprint density at radius 2 is 1.62 bits per heavy atom. The fourth-order valence-corrected chi connectivity index (χ4v) is 4.94. The molecule has 0 N–H and O–H groups in total. The van der Waals surface area contributed by atoms with Crippen LogP contribution in [-0.4, -0.2) is 17.3 Å². The zero-order valence-electron chi connectivity index (χ0n) is 21.4. The van der Waals surface area contributed by atoms with E-state index in [9.17, 15) is 0 Å². The number of hydrogen-bond donors (Lipinski definition) is 0. The Morgan fingerprint density at radius 1 is 0.969 bits per heavy atom. The van der Waals surface area contributed by atoms with Crippen LogP contribution in [-0.2, 0) is 22.9 Å². The summed E-state index contributed by atoms with van der Waals surface area (Å²) >= 11 is 0. The Labute approximate surface area is 204 Å². The van der Waals surface area contributed by atoms with Gasteiger partial charge in [0.1, 0.15) is 12.4 Å². The van der Waals surface area contributed by atoms with Crippen molar-refractivity contribution in [1.29, 1.82) is 0 Å². The monoisotopic (exact) mass is 470 g/mol. The zero-order valence-corrected chi connectivity index (χ0v) is 22.2. The third-order valence-corrected chi connectivity index (χ3v) is 7.03. The van der Waals surface area contributed by atoms with Crippen LogP contribution in [0.3, 0.4) is 0 Å². The normalized spacial score (nSPS) is 21.1. The van der Waals surface area contributed by atoms with Crippen LogP contribution in [0.25, 0.3) is 0 Å². The van der Waals surface area contributed by atoms with Crippen LogP contribution in [0.2, 0.25) is 0 Å². The second-order valence-corrected chi connectivity index (χ2v) is 10.3. The summed E-state index contributed by atoms with van der Waals surface area (Å²) in [6.07, 6.45) is 24.2. The minimum absolute atomic E-state index is 0. The third-order valence-electron chi connectivity index (χ3n) is 7.03. The highest BCUT2D eigenvalue weighted by molar-refractivity contribution is 4.81. The molecule has 0 bridgehead atoms. The van der Waals surface area contributed by atoms with Crippen LogP contribution in [0.5, 0.6) is 0 Å². The van der Waals surface area contributed by atoms with Crippen molar-refractivity contribution in [3.05, 3.63) is 18.7 Å². The van der Waals surface area contributed by atoms with Gasteiger partial charge in [-0.25, -0.2) is 9.13 Å². The SMILES string of the molecule is CCCCCCCCCCCCOC[n+]1ccn(CO[C@@H]2C[C@H](C)CC[C@H]2C(C)C)c1.[Cl-]. The number of rotatable bonds is 17. The van der Waals surface area contributed by atoms with E-state index in [-0.39, 0.29) is 12.4 Å². The number of hydrogen-bond acceptors (Lipinski definition) is 2. The highest BCUT2D eigenvalue weighted by Gasteiger charge is 2.31. The highest BCUT2D eigenvalue weighted by atomic mass is 35.5. The molecule has 4 nitrogen and oxygen atoms in total. The number of unbranched alkanes of at least 4 members (excludes halogenated alkanes) is 9. The molecule has 32 heavy (non-hydrogen) atoms. The van der Waals surface area contributed by atoms with Crippen LogP contribution >= 0.6 is 0 Å². The molecule has 0 spiro atoms. The van der Waals surface area contributed by atoms with Gasteiger partial charge in [0.15, 0.2) is 13.5 Å². The topological polar surface area (TPSA) is 27.3 Å². The lowest BCUT2D eigenvalue weighted by molar-refractivity contribution is -0.732. The van der Waals surface area contributed by atoms with E-state index in [1.54, 1.807) is 0 Å². The average molecular weight is 471 g/mol. The fraction of sp³-hybridized carbons (Fsp3) is 0.889. The van der Waals surface area contributed by atoms with Gasteiger partial charge in [-0.1, -0.05) is 91.9 Å². The minimum atomic E-state index is 0. The molecule has 1 heterocycles. The standard InChI is InChI=1S/C27H51N2O2.ClH/c1-5-6-7-8-9-10-11-12-13-14-19-30-22-28-17-18-29(21-28)23-31-27-20-25(4)15-16-26(27)24(2)3;/h17-18,21,24-27H,5-16,19-20,22-23H2,1-4H3;1H/q+1;/p-1/t25-,26+,27-;/m1./s1. The van der Waals surface area contributed by atoms with Crippen LogP contribution < -0.4 is 17.0 Å². The van der Waals surface area contributed by atoms with Crippen molar-refractivity contribution in [3.8, 4) is 0 Å².